The van der Waals surface area contributed by atoms with E-state index in [2.05, 4.69) is 15.5 Å². The summed E-state index contributed by atoms with van der Waals surface area (Å²) in [5.41, 5.74) is 3.00. The number of benzene rings is 2. The van der Waals surface area contributed by atoms with Crippen molar-refractivity contribution in [2.24, 2.45) is 0 Å². The lowest BCUT2D eigenvalue weighted by atomic mass is 10.1. The van der Waals surface area contributed by atoms with E-state index in [1.54, 1.807) is 7.11 Å². The Morgan fingerprint density at radius 1 is 1.12 bits per heavy atom. The number of nitrogens with one attached hydrogen (secondary N) is 1. The highest BCUT2D eigenvalue weighted by Crippen LogP contribution is 2.26. The first kappa shape index (κ1) is 18.4. The molecule has 1 aromatic heterocycles. The number of thioether (sulfide) groups is 1. The number of hydrogen-bond acceptors (Lipinski definition) is 7. The van der Waals surface area contributed by atoms with Crippen LogP contribution < -0.4 is 10.1 Å². The molecule has 0 atom stereocenters. The second-order valence-electron chi connectivity index (χ2n) is 5.65. The highest BCUT2D eigenvalue weighted by Gasteiger charge is 2.10. The Morgan fingerprint density at radius 3 is 2.54 bits per heavy atom. The second kappa shape index (κ2) is 8.82. The molecule has 1 N–H and O–H groups in total. The molecular weight excluding hydrogens is 366 g/mol. The summed E-state index contributed by atoms with van der Waals surface area (Å²) in [6, 6.07) is 15.5. The van der Waals surface area contributed by atoms with E-state index in [1.807, 2.05) is 55.5 Å². The molecule has 0 saturated carbocycles. The number of carbonyl (C=O) groups excluding carboxylic acids is 1. The van der Waals surface area contributed by atoms with Crippen molar-refractivity contribution in [3.63, 3.8) is 0 Å². The highest BCUT2D eigenvalue weighted by atomic mass is 32.2. The standard InChI is InChI=1S/C19H19N3O2S2/c1-13-3-7-15(8-4-13)17(23)12-25-19-22-21-18(26-19)20-11-14-5-9-16(24-2)10-6-14/h3-10H,11-12H2,1-2H3,(H,20,21). The number of ketones is 1. The first-order chi connectivity index (χ1) is 12.6. The van der Waals surface area contributed by atoms with E-state index in [1.165, 1.54) is 23.1 Å². The van der Waals surface area contributed by atoms with E-state index in [9.17, 15) is 4.79 Å². The number of anilines is 1. The average molecular weight is 386 g/mol. The van der Waals surface area contributed by atoms with E-state index < -0.39 is 0 Å². The van der Waals surface area contributed by atoms with E-state index in [0.29, 0.717) is 12.3 Å². The summed E-state index contributed by atoms with van der Waals surface area (Å²) in [4.78, 5) is 12.2. The van der Waals surface area contributed by atoms with Gasteiger partial charge in [0, 0.05) is 12.1 Å². The second-order valence-corrected chi connectivity index (χ2v) is 7.85. The van der Waals surface area contributed by atoms with Crippen LogP contribution in [0.15, 0.2) is 52.9 Å². The van der Waals surface area contributed by atoms with E-state index in [0.717, 1.165) is 31.9 Å². The van der Waals surface area contributed by atoms with Gasteiger partial charge in [0.05, 0.1) is 12.9 Å². The van der Waals surface area contributed by atoms with Gasteiger partial charge in [-0.15, -0.1) is 10.2 Å². The molecule has 0 aliphatic rings. The molecule has 0 spiro atoms. The van der Waals surface area contributed by atoms with Crippen LogP contribution in [0.25, 0.3) is 0 Å². The summed E-state index contributed by atoms with van der Waals surface area (Å²) in [6.45, 7) is 2.66. The molecule has 5 nitrogen and oxygen atoms in total. The van der Waals surface area contributed by atoms with Gasteiger partial charge in [-0.2, -0.15) is 0 Å². The molecule has 7 heteroatoms. The molecule has 0 bridgehead atoms. The van der Waals surface area contributed by atoms with Gasteiger partial charge in [-0.1, -0.05) is 65.1 Å². The first-order valence-electron chi connectivity index (χ1n) is 8.07. The minimum absolute atomic E-state index is 0.0953. The Labute approximate surface area is 160 Å². The minimum Gasteiger partial charge on any atom is -0.497 e. The zero-order valence-electron chi connectivity index (χ0n) is 14.6. The number of methoxy groups -OCH3 is 1. The van der Waals surface area contributed by atoms with Crippen molar-refractivity contribution in [3.05, 3.63) is 65.2 Å². The lowest BCUT2D eigenvalue weighted by Gasteiger charge is -2.03. The molecule has 2 aromatic carbocycles. The van der Waals surface area contributed by atoms with Crippen LogP contribution in [0, 0.1) is 6.92 Å². The number of Topliss-reactive ketones (excluding diaryl/α,β-unsaturated/α-hetero) is 1. The molecule has 0 aliphatic carbocycles. The van der Waals surface area contributed by atoms with E-state index in [-0.39, 0.29) is 5.78 Å². The number of aryl methyl sites for hydroxylation is 1. The van der Waals surface area contributed by atoms with Crippen molar-refractivity contribution >= 4 is 34.0 Å². The van der Waals surface area contributed by atoms with Gasteiger partial charge < -0.3 is 10.1 Å². The number of ether oxygens (including phenoxy) is 1. The monoisotopic (exact) mass is 385 g/mol. The Hall–Kier alpha value is -2.38. The number of carbonyl (C=O) groups is 1. The zero-order chi connectivity index (χ0) is 18.4. The summed E-state index contributed by atoms with van der Waals surface area (Å²) in [5, 5.41) is 12.3. The Balaban J connectivity index is 1.49. The van der Waals surface area contributed by atoms with Crippen LogP contribution >= 0.6 is 23.1 Å². The fourth-order valence-electron chi connectivity index (χ4n) is 2.21. The fourth-order valence-corrected chi connectivity index (χ4v) is 3.85. The maximum Gasteiger partial charge on any atom is 0.206 e. The summed E-state index contributed by atoms with van der Waals surface area (Å²) < 4.78 is 5.93. The molecule has 0 saturated heterocycles. The largest absolute Gasteiger partial charge is 0.497 e. The van der Waals surface area contributed by atoms with Crippen LogP contribution in [0.3, 0.4) is 0 Å². The molecule has 0 unspecified atom stereocenters. The summed E-state index contributed by atoms with van der Waals surface area (Å²) >= 11 is 2.87. The maximum absolute atomic E-state index is 12.2. The Bertz CT molecular complexity index is 861. The lowest BCUT2D eigenvalue weighted by molar-refractivity contribution is 0.102. The Kier molecular flexibility index (Phi) is 6.25. The molecule has 0 radical (unpaired) electrons. The predicted octanol–water partition coefficient (Wildman–Crippen LogP) is 4.44. The van der Waals surface area contributed by atoms with Gasteiger partial charge in [-0.25, -0.2) is 0 Å². The van der Waals surface area contributed by atoms with Crippen LogP contribution in [0.1, 0.15) is 21.5 Å². The summed E-state index contributed by atoms with van der Waals surface area (Å²) in [7, 11) is 1.65. The van der Waals surface area contributed by atoms with Crippen molar-refractivity contribution < 1.29 is 9.53 Å². The molecular formula is C19H19N3O2S2. The predicted molar refractivity (Wildman–Crippen MR) is 106 cm³/mol. The van der Waals surface area contributed by atoms with Crippen molar-refractivity contribution in [2.45, 2.75) is 17.8 Å². The smallest absolute Gasteiger partial charge is 0.206 e. The van der Waals surface area contributed by atoms with Gasteiger partial charge in [-0.05, 0) is 24.6 Å². The molecule has 26 heavy (non-hydrogen) atoms. The van der Waals surface area contributed by atoms with Crippen molar-refractivity contribution in [1.82, 2.24) is 10.2 Å². The van der Waals surface area contributed by atoms with Crippen molar-refractivity contribution in [1.29, 1.82) is 0 Å². The third kappa shape index (κ3) is 5.06. The normalized spacial score (nSPS) is 10.5. The summed E-state index contributed by atoms with van der Waals surface area (Å²) in [5.74, 6) is 1.29. The topological polar surface area (TPSA) is 64.1 Å². The van der Waals surface area contributed by atoms with Gasteiger partial charge in [-0.3, -0.25) is 4.79 Å². The fraction of sp³-hybridized carbons (Fsp3) is 0.211. The van der Waals surface area contributed by atoms with Crippen LogP contribution in [-0.2, 0) is 6.54 Å². The first-order valence-corrected chi connectivity index (χ1v) is 9.87. The number of aromatic nitrogens is 2. The molecule has 3 aromatic rings. The third-order valence-corrected chi connectivity index (χ3v) is 5.72. The molecule has 0 aliphatic heterocycles. The van der Waals surface area contributed by atoms with Crippen molar-refractivity contribution in [2.75, 3.05) is 18.2 Å². The third-order valence-electron chi connectivity index (χ3n) is 3.71. The molecule has 0 amide bonds. The maximum atomic E-state index is 12.2. The quantitative estimate of drug-likeness (QED) is 0.457. The summed E-state index contributed by atoms with van der Waals surface area (Å²) in [6.07, 6.45) is 0. The Morgan fingerprint density at radius 2 is 1.85 bits per heavy atom. The SMILES string of the molecule is COc1ccc(CNc2nnc(SCC(=O)c3ccc(C)cc3)s2)cc1. The van der Waals surface area contributed by atoms with Crippen LogP contribution in [0.4, 0.5) is 5.13 Å². The number of nitrogens with zero attached hydrogens (tertiary/aromatic N) is 2. The molecule has 3 rings (SSSR count). The van der Waals surface area contributed by atoms with Gasteiger partial charge in [0.1, 0.15) is 5.75 Å². The zero-order valence-corrected chi connectivity index (χ0v) is 16.2. The molecule has 134 valence electrons. The average Bonchev–Trinajstić information content (AvgIpc) is 3.13. The highest BCUT2D eigenvalue weighted by molar-refractivity contribution is 8.01. The molecule has 0 fully saturated rings. The number of rotatable bonds is 8. The van der Waals surface area contributed by atoms with E-state index in [4.69, 9.17) is 4.74 Å². The van der Waals surface area contributed by atoms with Crippen LogP contribution in [0.5, 0.6) is 5.75 Å². The minimum atomic E-state index is 0.0953. The van der Waals surface area contributed by atoms with Gasteiger partial charge in [0.2, 0.25) is 5.13 Å². The van der Waals surface area contributed by atoms with Crippen molar-refractivity contribution in [3.8, 4) is 5.75 Å². The van der Waals surface area contributed by atoms with Crippen LogP contribution in [-0.4, -0.2) is 28.8 Å². The van der Waals surface area contributed by atoms with Crippen LogP contribution in [0.2, 0.25) is 0 Å². The van der Waals surface area contributed by atoms with Gasteiger partial charge in [0.15, 0.2) is 10.1 Å². The van der Waals surface area contributed by atoms with Gasteiger partial charge >= 0.3 is 0 Å². The van der Waals surface area contributed by atoms with E-state index >= 15 is 0 Å². The lowest BCUT2D eigenvalue weighted by Crippen LogP contribution is -2.01. The number of hydrogen-bond donors (Lipinski definition) is 1. The van der Waals surface area contributed by atoms with Gasteiger partial charge in [0.25, 0.3) is 0 Å². The molecule has 1 heterocycles.